The first kappa shape index (κ1) is 10.4. The molecule has 0 radical (unpaired) electrons. The molecule has 2 rings (SSSR count). The minimum Gasteiger partial charge on any atom is -0.310 e. The van der Waals surface area contributed by atoms with E-state index in [-0.39, 0.29) is 0 Å². The highest BCUT2D eigenvalue weighted by molar-refractivity contribution is 9.10. The maximum atomic E-state index is 13.7. The molecule has 1 saturated heterocycles. The number of nitrogens with one attached hydrogen (secondary N) is 1. The Morgan fingerprint density at radius 3 is 2.71 bits per heavy atom. The van der Waals surface area contributed by atoms with Gasteiger partial charge in [0.05, 0.1) is 0 Å². The van der Waals surface area contributed by atoms with Crippen molar-refractivity contribution < 1.29 is 4.39 Å². The normalized spacial score (nSPS) is 19.1. The lowest BCUT2D eigenvalue weighted by Gasteiger charge is -2.35. The van der Waals surface area contributed by atoms with Gasteiger partial charge in [-0.05, 0) is 17.7 Å². The van der Waals surface area contributed by atoms with Crippen molar-refractivity contribution in [2.45, 2.75) is 12.1 Å². The van der Waals surface area contributed by atoms with E-state index in [1.165, 1.54) is 0 Å². The second-order valence-electron chi connectivity index (χ2n) is 3.67. The SMILES string of the molecule is FC1(Cc2ccc(Br)cc2Cl)CNC1. The van der Waals surface area contributed by atoms with Crippen molar-refractivity contribution in [1.82, 2.24) is 5.32 Å². The average molecular weight is 279 g/mol. The molecule has 1 fully saturated rings. The Morgan fingerprint density at radius 1 is 1.50 bits per heavy atom. The van der Waals surface area contributed by atoms with Gasteiger partial charge in [0.1, 0.15) is 5.67 Å². The number of hydrogen-bond donors (Lipinski definition) is 1. The van der Waals surface area contributed by atoms with Crippen LogP contribution in [0.1, 0.15) is 5.56 Å². The van der Waals surface area contributed by atoms with Crippen LogP contribution in [0.3, 0.4) is 0 Å². The Morgan fingerprint density at radius 2 is 2.21 bits per heavy atom. The number of rotatable bonds is 2. The molecule has 1 aromatic rings. The Hall–Kier alpha value is -0.120. The van der Waals surface area contributed by atoms with E-state index in [4.69, 9.17) is 11.6 Å². The van der Waals surface area contributed by atoms with E-state index >= 15 is 0 Å². The van der Waals surface area contributed by atoms with Crippen LogP contribution in [-0.4, -0.2) is 18.8 Å². The largest absolute Gasteiger partial charge is 0.310 e. The molecule has 1 N–H and O–H groups in total. The summed E-state index contributed by atoms with van der Waals surface area (Å²) in [6.07, 6.45) is 0.395. The summed E-state index contributed by atoms with van der Waals surface area (Å²) in [5.41, 5.74) is -0.226. The predicted molar refractivity (Wildman–Crippen MR) is 59.6 cm³/mol. The van der Waals surface area contributed by atoms with E-state index < -0.39 is 5.67 Å². The summed E-state index contributed by atoms with van der Waals surface area (Å²) in [5, 5.41) is 3.55. The van der Waals surface area contributed by atoms with Crippen LogP contribution in [0.15, 0.2) is 22.7 Å². The number of benzene rings is 1. The van der Waals surface area contributed by atoms with Gasteiger partial charge in [0.15, 0.2) is 0 Å². The third kappa shape index (κ3) is 2.10. The molecule has 1 aliphatic rings. The summed E-state index contributed by atoms with van der Waals surface area (Å²) in [4.78, 5) is 0. The smallest absolute Gasteiger partial charge is 0.139 e. The van der Waals surface area contributed by atoms with Crippen molar-refractivity contribution in [2.75, 3.05) is 13.1 Å². The predicted octanol–water partition coefficient (Wildman–Crippen LogP) is 2.96. The van der Waals surface area contributed by atoms with Gasteiger partial charge in [0, 0.05) is 29.0 Å². The van der Waals surface area contributed by atoms with Gasteiger partial charge in [-0.1, -0.05) is 33.6 Å². The molecular weight excluding hydrogens is 268 g/mol. The molecule has 0 aromatic heterocycles. The summed E-state index contributed by atoms with van der Waals surface area (Å²) >= 11 is 9.32. The summed E-state index contributed by atoms with van der Waals surface area (Å²) < 4.78 is 14.7. The van der Waals surface area contributed by atoms with Crippen LogP contribution in [-0.2, 0) is 6.42 Å². The Bertz CT molecular complexity index is 352. The second kappa shape index (κ2) is 3.80. The molecule has 1 aromatic carbocycles. The molecule has 76 valence electrons. The van der Waals surface area contributed by atoms with Gasteiger partial charge in [-0.3, -0.25) is 0 Å². The first-order chi connectivity index (χ1) is 6.59. The number of hydrogen-bond acceptors (Lipinski definition) is 1. The van der Waals surface area contributed by atoms with Crippen LogP contribution in [0.5, 0.6) is 0 Å². The molecule has 1 heterocycles. The zero-order chi connectivity index (χ0) is 10.2. The van der Waals surface area contributed by atoms with Gasteiger partial charge in [-0.25, -0.2) is 4.39 Å². The fourth-order valence-corrected chi connectivity index (χ4v) is 2.27. The zero-order valence-electron chi connectivity index (χ0n) is 7.49. The van der Waals surface area contributed by atoms with Crippen molar-refractivity contribution in [3.05, 3.63) is 33.3 Å². The number of alkyl halides is 1. The highest BCUT2D eigenvalue weighted by Gasteiger charge is 2.37. The summed E-state index contributed by atoms with van der Waals surface area (Å²) in [6.45, 7) is 0.860. The molecule has 0 aliphatic carbocycles. The van der Waals surface area contributed by atoms with E-state index in [0.717, 1.165) is 10.0 Å². The summed E-state index contributed by atoms with van der Waals surface area (Å²) in [5.74, 6) is 0. The molecule has 0 amide bonds. The van der Waals surface area contributed by atoms with E-state index in [2.05, 4.69) is 21.2 Å². The van der Waals surface area contributed by atoms with Crippen LogP contribution < -0.4 is 5.32 Å². The minimum atomic E-state index is -1.10. The maximum absolute atomic E-state index is 13.7. The van der Waals surface area contributed by atoms with Crippen molar-refractivity contribution >= 4 is 27.5 Å². The third-order valence-electron chi connectivity index (χ3n) is 2.41. The minimum absolute atomic E-state index is 0.395. The molecule has 1 aliphatic heterocycles. The molecular formula is C10H10BrClFN. The van der Waals surface area contributed by atoms with Crippen molar-refractivity contribution in [1.29, 1.82) is 0 Å². The topological polar surface area (TPSA) is 12.0 Å². The standard InChI is InChI=1S/C10H10BrClFN/c11-8-2-1-7(9(12)3-8)4-10(13)5-14-6-10/h1-3,14H,4-6H2. The number of halogens is 3. The van der Waals surface area contributed by atoms with Crippen LogP contribution in [0, 0.1) is 0 Å². The van der Waals surface area contributed by atoms with Crippen molar-refractivity contribution in [3.8, 4) is 0 Å². The van der Waals surface area contributed by atoms with Gasteiger partial charge in [-0.2, -0.15) is 0 Å². The quantitative estimate of drug-likeness (QED) is 0.877. The highest BCUT2D eigenvalue weighted by Crippen LogP contribution is 2.28. The fourth-order valence-electron chi connectivity index (χ4n) is 1.53. The third-order valence-corrected chi connectivity index (χ3v) is 3.25. The Kier molecular flexibility index (Phi) is 2.82. The summed E-state index contributed by atoms with van der Waals surface area (Å²) in [7, 11) is 0. The lowest BCUT2D eigenvalue weighted by atomic mass is 9.91. The maximum Gasteiger partial charge on any atom is 0.139 e. The van der Waals surface area contributed by atoms with Crippen molar-refractivity contribution in [2.24, 2.45) is 0 Å². The molecule has 0 bridgehead atoms. The molecule has 0 spiro atoms. The van der Waals surface area contributed by atoms with E-state index in [0.29, 0.717) is 24.5 Å². The Balaban J connectivity index is 2.16. The lowest BCUT2D eigenvalue weighted by Crippen LogP contribution is -2.57. The zero-order valence-corrected chi connectivity index (χ0v) is 9.83. The van der Waals surface area contributed by atoms with Gasteiger partial charge in [-0.15, -0.1) is 0 Å². The average Bonchev–Trinajstić information content (AvgIpc) is 2.07. The van der Waals surface area contributed by atoms with E-state index in [1.807, 2.05) is 12.1 Å². The first-order valence-electron chi connectivity index (χ1n) is 4.43. The van der Waals surface area contributed by atoms with Gasteiger partial charge >= 0.3 is 0 Å². The first-order valence-corrected chi connectivity index (χ1v) is 5.60. The van der Waals surface area contributed by atoms with Crippen LogP contribution in [0.25, 0.3) is 0 Å². The monoisotopic (exact) mass is 277 g/mol. The van der Waals surface area contributed by atoms with Gasteiger partial charge in [0.25, 0.3) is 0 Å². The molecule has 0 saturated carbocycles. The molecule has 4 heteroatoms. The van der Waals surface area contributed by atoms with Crippen molar-refractivity contribution in [3.63, 3.8) is 0 Å². The molecule has 0 unspecified atom stereocenters. The Labute approximate surface area is 95.8 Å². The van der Waals surface area contributed by atoms with Gasteiger partial charge in [0.2, 0.25) is 0 Å². The molecule has 1 nitrogen and oxygen atoms in total. The fraction of sp³-hybridized carbons (Fsp3) is 0.400. The van der Waals surface area contributed by atoms with Crippen LogP contribution in [0.2, 0.25) is 5.02 Å². The molecule has 0 atom stereocenters. The van der Waals surface area contributed by atoms with Crippen LogP contribution in [0.4, 0.5) is 4.39 Å². The second-order valence-corrected chi connectivity index (χ2v) is 4.99. The van der Waals surface area contributed by atoms with E-state index in [1.54, 1.807) is 6.07 Å². The summed E-state index contributed by atoms with van der Waals surface area (Å²) in [6, 6.07) is 5.55. The van der Waals surface area contributed by atoms with Crippen LogP contribution >= 0.6 is 27.5 Å². The van der Waals surface area contributed by atoms with E-state index in [9.17, 15) is 4.39 Å². The van der Waals surface area contributed by atoms with Gasteiger partial charge < -0.3 is 5.32 Å². The molecule has 14 heavy (non-hydrogen) atoms. The lowest BCUT2D eigenvalue weighted by molar-refractivity contribution is 0.0912. The highest BCUT2D eigenvalue weighted by atomic mass is 79.9.